The van der Waals surface area contributed by atoms with Crippen molar-refractivity contribution in [3.05, 3.63) is 70.3 Å². The third kappa shape index (κ3) is 6.08. The van der Waals surface area contributed by atoms with Gasteiger partial charge < -0.3 is 15.8 Å². The molecule has 0 aliphatic carbocycles. The number of carbonyl (C=O) groups is 1. The monoisotopic (exact) mass is 370 g/mol. The van der Waals surface area contributed by atoms with Crippen LogP contribution in [0, 0.1) is 12.8 Å². The molecule has 0 radical (unpaired) electrons. The lowest BCUT2D eigenvalue weighted by atomic mass is 10.1. The minimum atomic E-state index is -0.170. The summed E-state index contributed by atoms with van der Waals surface area (Å²) in [6.45, 7) is 8.31. The van der Waals surface area contributed by atoms with E-state index in [-0.39, 0.29) is 5.91 Å². The molecule has 2 rings (SSSR count). The molecule has 0 saturated heterocycles. The van der Waals surface area contributed by atoms with Crippen molar-refractivity contribution >= 4 is 17.2 Å². The number of amides is 1. The van der Waals surface area contributed by atoms with Crippen molar-refractivity contribution in [2.75, 3.05) is 0 Å². The molecule has 1 aromatic carbocycles. The van der Waals surface area contributed by atoms with Gasteiger partial charge in [0.05, 0.1) is 12.1 Å². The largest absolute Gasteiger partial charge is 0.447 e. The Labute approximate surface area is 159 Å². The summed E-state index contributed by atoms with van der Waals surface area (Å²) in [5.41, 5.74) is 8.01. The van der Waals surface area contributed by atoms with E-state index in [2.05, 4.69) is 19.2 Å². The molecule has 0 bridgehead atoms. The Balaban J connectivity index is 1.96. The molecule has 0 saturated carbocycles. The number of rotatable bonds is 7. The van der Waals surface area contributed by atoms with Gasteiger partial charge in [-0.25, -0.2) is 0 Å². The number of thiophene rings is 1. The highest BCUT2D eigenvalue weighted by atomic mass is 32.1. The Morgan fingerprint density at radius 2 is 2.08 bits per heavy atom. The van der Waals surface area contributed by atoms with Crippen LogP contribution in [0.2, 0.25) is 0 Å². The molecule has 0 atom stereocenters. The van der Waals surface area contributed by atoms with E-state index in [0.717, 1.165) is 21.3 Å². The first-order valence-electron chi connectivity index (χ1n) is 8.61. The van der Waals surface area contributed by atoms with Crippen molar-refractivity contribution in [1.29, 1.82) is 0 Å². The topological polar surface area (TPSA) is 64.4 Å². The van der Waals surface area contributed by atoms with Crippen LogP contribution in [0.25, 0.3) is 0 Å². The summed E-state index contributed by atoms with van der Waals surface area (Å²) in [6.07, 6.45) is 3.75. The standard InChI is InChI=1S/C21H26N2O2S/c1-14(2)8-10-19(16(4)22)21(24)23-13-18-9-11-20(26-18)25-17-7-5-6-15(3)12-17/h5-12,14H,13,22H2,1-4H3,(H,23,24)/b10-8-,19-16-. The lowest BCUT2D eigenvalue weighted by Gasteiger charge is -2.07. The number of allylic oxidation sites excluding steroid dienone is 2. The summed E-state index contributed by atoms with van der Waals surface area (Å²) in [5.74, 6) is 0.998. The summed E-state index contributed by atoms with van der Waals surface area (Å²) >= 11 is 1.51. The smallest absolute Gasteiger partial charge is 0.253 e. The highest BCUT2D eigenvalue weighted by Crippen LogP contribution is 2.29. The van der Waals surface area contributed by atoms with Crippen molar-refractivity contribution in [1.82, 2.24) is 5.32 Å². The number of hydrogen-bond acceptors (Lipinski definition) is 4. The SMILES string of the molecule is C/C(N)=C(\C=C/C(C)C)C(=O)NCc1ccc(Oc2cccc(C)c2)s1. The first-order chi connectivity index (χ1) is 12.3. The lowest BCUT2D eigenvalue weighted by Crippen LogP contribution is -2.25. The first kappa shape index (κ1) is 19.8. The normalized spacial score (nSPS) is 12.3. The van der Waals surface area contributed by atoms with Gasteiger partial charge in [-0.05, 0) is 49.6 Å². The Morgan fingerprint density at radius 1 is 1.31 bits per heavy atom. The van der Waals surface area contributed by atoms with Crippen LogP contribution in [0.4, 0.5) is 0 Å². The predicted octanol–water partition coefficient (Wildman–Crippen LogP) is 4.91. The maximum absolute atomic E-state index is 12.4. The van der Waals surface area contributed by atoms with E-state index >= 15 is 0 Å². The van der Waals surface area contributed by atoms with Crippen LogP contribution in [0.5, 0.6) is 10.8 Å². The molecular formula is C21H26N2O2S. The van der Waals surface area contributed by atoms with E-state index in [0.29, 0.717) is 23.7 Å². The highest BCUT2D eigenvalue weighted by molar-refractivity contribution is 7.13. The van der Waals surface area contributed by atoms with Crippen LogP contribution >= 0.6 is 11.3 Å². The average Bonchev–Trinajstić information content (AvgIpc) is 3.00. The van der Waals surface area contributed by atoms with Crippen molar-refractivity contribution < 1.29 is 9.53 Å². The van der Waals surface area contributed by atoms with Crippen LogP contribution in [0.15, 0.2) is 59.8 Å². The fraction of sp³-hybridized carbons (Fsp3) is 0.286. The third-order valence-electron chi connectivity index (χ3n) is 3.59. The summed E-state index contributed by atoms with van der Waals surface area (Å²) in [6, 6.07) is 11.8. The van der Waals surface area contributed by atoms with Crippen LogP contribution < -0.4 is 15.8 Å². The predicted molar refractivity (Wildman–Crippen MR) is 108 cm³/mol. The molecule has 0 aliphatic rings. The van der Waals surface area contributed by atoms with E-state index in [9.17, 15) is 4.79 Å². The molecule has 1 heterocycles. The Morgan fingerprint density at radius 3 is 2.73 bits per heavy atom. The number of hydrogen-bond donors (Lipinski definition) is 2. The molecule has 0 fully saturated rings. The van der Waals surface area contributed by atoms with Gasteiger partial charge in [0.25, 0.3) is 5.91 Å². The van der Waals surface area contributed by atoms with Crippen LogP contribution in [0.1, 0.15) is 31.2 Å². The van der Waals surface area contributed by atoms with E-state index in [1.807, 2.05) is 49.4 Å². The summed E-state index contributed by atoms with van der Waals surface area (Å²) in [4.78, 5) is 13.4. The molecule has 1 amide bonds. The van der Waals surface area contributed by atoms with E-state index in [4.69, 9.17) is 10.5 Å². The van der Waals surface area contributed by atoms with Crippen LogP contribution in [-0.4, -0.2) is 5.91 Å². The Bertz CT molecular complexity index is 815. The maximum atomic E-state index is 12.4. The zero-order valence-electron chi connectivity index (χ0n) is 15.7. The molecule has 3 N–H and O–H groups in total. The molecule has 0 unspecified atom stereocenters. The minimum absolute atomic E-state index is 0.170. The number of aryl methyl sites for hydroxylation is 1. The van der Waals surface area contributed by atoms with Crippen LogP contribution in [-0.2, 0) is 11.3 Å². The number of benzene rings is 1. The van der Waals surface area contributed by atoms with E-state index in [1.165, 1.54) is 11.3 Å². The zero-order valence-corrected chi connectivity index (χ0v) is 16.5. The zero-order chi connectivity index (χ0) is 19.1. The summed E-state index contributed by atoms with van der Waals surface area (Å²) in [5, 5.41) is 3.71. The second-order valence-electron chi connectivity index (χ2n) is 6.52. The molecule has 5 heteroatoms. The van der Waals surface area contributed by atoms with E-state index < -0.39 is 0 Å². The molecule has 138 valence electrons. The van der Waals surface area contributed by atoms with Crippen molar-refractivity contribution in [2.24, 2.45) is 11.7 Å². The van der Waals surface area contributed by atoms with Crippen LogP contribution in [0.3, 0.4) is 0 Å². The highest BCUT2D eigenvalue weighted by Gasteiger charge is 2.10. The first-order valence-corrected chi connectivity index (χ1v) is 9.42. The average molecular weight is 371 g/mol. The number of carbonyl (C=O) groups excluding carboxylic acids is 1. The molecule has 2 aromatic rings. The summed E-state index contributed by atoms with van der Waals surface area (Å²) < 4.78 is 5.86. The van der Waals surface area contributed by atoms with Gasteiger partial charge in [-0.15, -0.1) is 11.3 Å². The van der Waals surface area contributed by atoms with Crippen molar-refractivity contribution in [3.63, 3.8) is 0 Å². The van der Waals surface area contributed by atoms with Crippen molar-refractivity contribution in [3.8, 4) is 10.8 Å². The Hall–Kier alpha value is -2.53. The number of nitrogens with two attached hydrogens (primary N) is 1. The summed E-state index contributed by atoms with van der Waals surface area (Å²) in [7, 11) is 0. The molecule has 4 nitrogen and oxygen atoms in total. The Kier molecular flexibility index (Phi) is 7.04. The third-order valence-corrected chi connectivity index (χ3v) is 4.55. The quantitative estimate of drug-likeness (QED) is 0.538. The molecule has 0 spiro atoms. The maximum Gasteiger partial charge on any atom is 0.253 e. The lowest BCUT2D eigenvalue weighted by molar-refractivity contribution is -0.117. The van der Waals surface area contributed by atoms with Gasteiger partial charge in [-0.2, -0.15) is 0 Å². The van der Waals surface area contributed by atoms with Crippen molar-refractivity contribution in [2.45, 2.75) is 34.2 Å². The van der Waals surface area contributed by atoms with Gasteiger partial charge >= 0.3 is 0 Å². The fourth-order valence-corrected chi connectivity index (χ4v) is 3.05. The van der Waals surface area contributed by atoms with Gasteiger partial charge in [0.2, 0.25) is 0 Å². The molecular weight excluding hydrogens is 344 g/mol. The van der Waals surface area contributed by atoms with Gasteiger partial charge in [0, 0.05) is 10.6 Å². The second-order valence-corrected chi connectivity index (χ2v) is 7.65. The van der Waals surface area contributed by atoms with Gasteiger partial charge in [0.15, 0.2) is 5.06 Å². The molecule has 26 heavy (non-hydrogen) atoms. The number of ether oxygens (including phenoxy) is 1. The van der Waals surface area contributed by atoms with Gasteiger partial charge in [0.1, 0.15) is 5.75 Å². The van der Waals surface area contributed by atoms with Gasteiger partial charge in [-0.3, -0.25) is 4.79 Å². The second kappa shape index (κ2) is 9.25. The number of nitrogens with one attached hydrogen (secondary N) is 1. The van der Waals surface area contributed by atoms with E-state index in [1.54, 1.807) is 13.0 Å². The molecule has 0 aliphatic heterocycles. The molecule has 1 aromatic heterocycles. The fourth-order valence-electron chi connectivity index (χ4n) is 2.24. The minimum Gasteiger partial charge on any atom is -0.447 e. The van der Waals surface area contributed by atoms with Gasteiger partial charge in [-0.1, -0.05) is 38.1 Å².